The number of aldehydes is 1. The second-order valence-electron chi connectivity index (χ2n) is 2.84. The van der Waals surface area contributed by atoms with Crippen molar-refractivity contribution in [3.8, 4) is 11.6 Å². The van der Waals surface area contributed by atoms with Gasteiger partial charge in [0.15, 0.2) is 12.0 Å². The van der Waals surface area contributed by atoms with E-state index in [-0.39, 0.29) is 22.9 Å². The van der Waals surface area contributed by atoms with E-state index in [9.17, 15) is 18.0 Å². The highest BCUT2D eigenvalue weighted by molar-refractivity contribution is 6.17. The molecule has 0 spiro atoms. The van der Waals surface area contributed by atoms with E-state index < -0.39 is 12.2 Å². The molecule has 0 aliphatic rings. The molecule has 0 aliphatic heterocycles. The van der Waals surface area contributed by atoms with Gasteiger partial charge in [0.25, 0.3) is 5.88 Å². The number of aromatic nitrogens is 1. The molecule has 0 radical (unpaired) electrons. The van der Waals surface area contributed by atoms with Crippen molar-refractivity contribution in [3.63, 3.8) is 0 Å². The molecule has 17 heavy (non-hydrogen) atoms. The van der Waals surface area contributed by atoms with Crippen LogP contribution in [0.15, 0.2) is 6.07 Å². The number of rotatable bonds is 4. The average molecular weight is 270 g/mol. The molecule has 0 saturated carbocycles. The molecule has 0 atom stereocenters. The number of pyridine rings is 1. The van der Waals surface area contributed by atoms with Crippen LogP contribution >= 0.6 is 11.6 Å². The molecule has 0 N–H and O–H groups in total. The fourth-order valence-electron chi connectivity index (χ4n) is 1.07. The average Bonchev–Trinajstić information content (AvgIpc) is 2.26. The summed E-state index contributed by atoms with van der Waals surface area (Å²) in [6.07, 6.45) is -4.62. The van der Waals surface area contributed by atoms with E-state index in [4.69, 9.17) is 11.6 Å². The van der Waals surface area contributed by atoms with E-state index in [2.05, 4.69) is 14.5 Å². The lowest BCUT2D eigenvalue weighted by molar-refractivity contribution is -0.276. The number of halogens is 4. The highest BCUT2D eigenvalue weighted by atomic mass is 35.5. The molecule has 0 unspecified atom stereocenters. The van der Waals surface area contributed by atoms with Crippen molar-refractivity contribution < 1.29 is 27.4 Å². The number of ether oxygens (including phenoxy) is 2. The molecular formula is C9H7ClF3NO3. The Morgan fingerprint density at radius 3 is 2.59 bits per heavy atom. The molecule has 1 aromatic heterocycles. The van der Waals surface area contributed by atoms with Crippen LogP contribution < -0.4 is 9.47 Å². The number of carbonyl (C=O) groups is 1. The Balaban J connectivity index is 3.24. The van der Waals surface area contributed by atoms with E-state index in [0.717, 1.165) is 7.11 Å². The Hall–Kier alpha value is -1.50. The monoisotopic (exact) mass is 269 g/mol. The molecule has 1 aromatic rings. The topological polar surface area (TPSA) is 48.4 Å². The van der Waals surface area contributed by atoms with Crippen molar-refractivity contribution in [3.05, 3.63) is 17.3 Å². The summed E-state index contributed by atoms with van der Waals surface area (Å²) in [5.74, 6) is -1.15. The quantitative estimate of drug-likeness (QED) is 0.622. The van der Waals surface area contributed by atoms with Gasteiger partial charge in [-0.15, -0.1) is 24.8 Å². The summed E-state index contributed by atoms with van der Waals surface area (Å²) >= 11 is 5.51. The first-order valence-electron chi connectivity index (χ1n) is 4.26. The van der Waals surface area contributed by atoms with E-state index >= 15 is 0 Å². The summed E-state index contributed by atoms with van der Waals surface area (Å²) in [6.45, 7) is 0. The summed E-state index contributed by atoms with van der Waals surface area (Å²) in [5.41, 5.74) is 0.0353. The Kier molecular flexibility index (Phi) is 4.17. The van der Waals surface area contributed by atoms with Crippen LogP contribution in [0.5, 0.6) is 11.6 Å². The normalized spacial score (nSPS) is 11.1. The zero-order chi connectivity index (χ0) is 13.1. The van der Waals surface area contributed by atoms with Gasteiger partial charge in [-0.25, -0.2) is 4.98 Å². The summed E-state index contributed by atoms with van der Waals surface area (Å²) in [7, 11) is 1.15. The van der Waals surface area contributed by atoms with E-state index in [1.807, 2.05) is 0 Å². The maximum Gasteiger partial charge on any atom is 0.574 e. The maximum absolute atomic E-state index is 12.0. The minimum atomic E-state index is -4.91. The molecule has 94 valence electrons. The van der Waals surface area contributed by atoms with Crippen molar-refractivity contribution in [1.82, 2.24) is 4.98 Å². The summed E-state index contributed by atoms with van der Waals surface area (Å²) in [4.78, 5) is 14.0. The lowest BCUT2D eigenvalue weighted by Gasteiger charge is -2.13. The van der Waals surface area contributed by atoms with Gasteiger partial charge in [0.1, 0.15) is 5.69 Å². The molecule has 4 nitrogen and oxygen atoms in total. The highest BCUT2D eigenvalue weighted by Gasteiger charge is 2.33. The second-order valence-corrected chi connectivity index (χ2v) is 3.11. The summed E-state index contributed by atoms with van der Waals surface area (Å²) in [5, 5.41) is 0. The minimum Gasteiger partial charge on any atom is -0.491 e. The number of nitrogens with zero attached hydrogens (tertiary/aromatic N) is 1. The van der Waals surface area contributed by atoms with Crippen molar-refractivity contribution in [2.45, 2.75) is 12.2 Å². The van der Waals surface area contributed by atoms with E-state index in [0.29, 0.717) is 6.29 Å². The van der Waals surface area contributed by atoms with Crippen LogP contribution in [-0.4, -0.2) is 24.7 Å². The van der Waals surface area contributed by atoms with Gasteiger partial charge in [0.05, 0.1) is 7.11 Å². The fraction of sp³-hybridized carbons (Fsp3) is 0.333. The molecule has 0 bridgehead atoms. The van der Waals surface area contributed by atoms with Gasteiger partial charge in [0, 0.05) is 5.88 Å². The Labute approximate surface area is 99.3 Å². The number of hydrogen-bond donors (Lipinski definition) is 0. The number of hydrogen-bond acceptors (Lipinski definition) is 4. The van der Waals surface area contributed by atoms with Gasteiger partial charge in [-0.05, 0) is 11.6 Å². The van der Waals surface area contributed by atoms with Crippen LogP contribution in [-0.2, 0) is 5.88 Å². The SMILES string of the molecule is COc1cc(CCl)c(C=O)nc1OC(F)(F)F. The predicted octanol–water partition coefficient (Wildman–Crippen LogP) is 2.54. The third-order valence-corrected chi connectivity index (χ3v) is 2.04. The molecular weight excluding hydrogens is 263 g/mol. The molecule has 1 rings (SSSR count). The lowest BCUT2D eigenvalue weighted by atomic mass is 10.2. The van der Waals surface area contributed by atoms with E-state index in [1.165, 1.54) is 6.07 Å². The second kappa shape index (κ2) is 5.22. The first-order valence-corrected chi connectivity index (χ1v) is 4.79. The number of carbonyl (C=O) groups excluding carboxylic acids is 1. The van der Waals surface area contributed by atoms with Crippen molar-refractivity contribution >= 4 is 17.9 Å². The Morgan fingerprint density at radius 1 is 1.53 bits per heavy atom. The van der Waals surface area contributed by atoms with Crippen LogP contribution in [0, 0.1) is 0 Å². The van der Waals surface area contributed by atoms with Gasteiger partial charge in [0.2, 0.25) is 0 Å². The molecule has 0 fully saturated rings. The first-order chi connectivity index (χ1) is 7.91. The molecule has 1 heterocycles. The first kappa shape index (κ1) is 13.6. The highest BCUT2D eigenvalue weighted by Crippen LogP contribution is 2.32. The fourth-order valence-corrected chi connectivity index (χ4v) is 1.28. The van der Waals surface area contributed by atoms with Gasteiger partial charge in [-0.2, -0.15) is 0 Å². The molecule has 0 aliphatic carbocycles. The summed E-state index contributed by atoms with van der Waals surface area (Å²) in [6, 6.07) is 1.17. The van der Waals surface area contributed by atoms with Crippen LogP contribution in [0.4, 0.5) is 13.2 Å². The van der Waals surface area contributed by atoms with Crippen molar-refractivity contribution in [2.75, 3.05) is 7.11 Å². The number of alkyl halides is 4. The van der Waals surface area contributed by atoms with Gasteiger partial charge in [-0.1, -0.05) is 0 Å². The van der Waals surface area contributed by atoms with Crippen LogP contribution in [0.25, 0.3) is 0 Å². The van der Waals surface area contributed by atoms with Crippen molar-refractivity contribution in [2.24, 2.45) is 0 Å². The van der Waals surface area contributed by atoms with Crippen LogP contribution in [0.1, 0.15) is 16.1 Å². The van der Waals surface area contributed by atoms with Crippen LogP contribution in [0.2, 0.25) is 0 Å². The third kappa shape index (κ3) is 3.48. The van der Waals surface area contributed by atoms with Crippen LogP contribution in [0.3, 0.4) is 0 Å². The van der Waals surface area contributed by atoms with E-state index in [1.54, 1.807) is 0 Å². The Morgan fingerprint density at radius 2 is 2.18 bits per heavy atom. The van der Waals surface area contributed by atoms with Crippen molar-refractivity contribution in [1.29, 1.82) is 0 Å². The molecule has 0 amide bonds. The van der Waals surface area contributed by atoms with Gasteiger partial charge in [-0.3, -0.25) is 4.79 Å². The Bertz CT molecular complexity index is 423. The largest absolute Gasteiger partial charge is 0.574 e. The number of methoxy groups -OCH3 is 1. The zero-order valence-electron chi connectivity index (χ0n) is 8.55. The third-order valence-electron chi connectivity index (χ3n) is 1.76. The lowest BCUT2D eigenvalue weighted by Crippen LogP contribution is -2.19. The molecule has 0 saturated heterocycles. The molecule has 8 heteroatoms. The smallest absolute Gasteiger partial charge is 0.491 e. The minimum absolute atomic E-state index is 0.0796. The zero-order valence-corrected chi connectivity index (χ0v) is 9.30. The van der Waals surface area contributed by atoms with Gasteiger partial charge >= 0.3 is 6.36 Å². The molecule has 0 aromatic carbocycles. The standard InChI is InChI=1S/C9H7ClF3NO3/c1-16-7-2-5(3-10)6(4-15)14-8(7)17-9(11,12)13/h2,4H,3H2,1H3. The van der Waals surface area contributed by atoms with Gasteiger partial charge < -0.3 is 9.47 Å². The summed E-state index contributed by atoms with van der Waals surface area (Å²) < 4.78 is 44.4. The maximum atomic E-state index is 12.0. The predicted molar refractivity (Wildman–Crippen MR) is 52.4 cm³/mol.